The van der Waals surface area contributed by atoms with Crippen molar-refractivity contribution in [3.63, 3.8) is 0 Å². The number of aromatic nitrogens is 3. The zero-order valence-corrected chi connectivity index (χ0v) is 17.7. The van der Waals surface area contributed by atoms with E-state index in [9.17, 15) is 4.79 Å². The Hall–Kier alpha value is -2.91. The van der Waals surface area contributed by atoms with Crippen LogP contribution in [0.15, 0.2) is 30.6 Å². The van der Waals surface area contributed by atoms with Crippen LogP contribution in [0.25, 0.3) is 11.1 Å². The third-order valence-corrected chi connectivity index (χ3v) is 6.42. The number of benzene rings is 1. The molecule has 0 unspecified atom stereocenters. The summed E-state index contributed by atoms with van der Waals surface area (Å²) < 4.78 is 7.59. The van der Waals surface area contributed by atoms with Crippen molar-refractivity contribution >= 4 is 28.1 Å². The fraction of sp³-hybridized carbons (Fsp3) is 0.381. The van der Waals surface area contributed by atoms with Gasteiger partial charge in [-0.25, -0.2) is 4.98 Å². The first kappa shape index (κ1) is 19.1. The number of aliphatic hydroxyl groups is 1. The van der Waals surface area contributed by atoms with Crippen molar-refractivity contribution in [2.75, 3.05) is 24.7 Å². The predicted molar refractivity (Wildman–Crippen MR) is 115 cm³/mol. The first-order valence-electron chi connectivity index (χ1n) is 9.94. The van der Waals surface area contributed by atoms with Crippen molar-refractivity contribution < 1.29 is 14.6 Å². The van der Waals surface area contributed by atoms with Crippen LogP contribution in [-0.2, 0) is 13.0 Å². The minimum atomic E-state index is -0.291. The highest BCUT2D eigenvalue weighted by atomic mass is 32.1. The van der Waals surface area contributed by atoms with Gasteiger partial charge < -0.3 is 20.1 Å². The minimum absolute atomic E-state index is 0.0476. The molecular formula is C21H23N5O3S. The Balaban J connectivity index is 1.52. The summed E-state index contributed by atoms with van der Waals surface area (Å²) in [5, 5.41) is 17.3. The van der Waals surface area contributed by atoms with Crippen LogP contribution in [0.4, 0.5) is 10.8 Å². The van der Waals surface area contributed by atoms with E-state index < -0.39 is 0 Å². The van der Waals surface area contributed by atoms with Crippen molar-refractivity contribution in [3.8, 4) is 16.9 Å². The molecule has 3 aromatic rings. The molecule has 2 aromatic heterocycles. The van der Waals surface area contributed by atoms with Gasteiger partial charge in [0.1, 0.15) is 17.2 Å². The molecule has 0 saturated heterocycles. The molecular weight excluding hydrogens is 402 g/mol. The standard InChI is InChI=1S/C21H23N5O3S/c1-21(2)10-15-18(19(28)24-21)30-20(23-15)26-6-8-29-17-4-3-13(9-16(17)26)14-11-22-25(12-14)5-7-27/h3-4,9,11-12,27H,5-8,10H2,1-2H3,(H,24,28). The van der Waals surface area contributed by atoms with Gasteiger partial charge in [-0.15, -0.1) is 0 Å². The molecule has 9 heteroatoms. The third-order valence-electron chi connectivity index (χ3n) is 5.30. The van der Waals surface area contributed by atoms with Gasteiger partial charge in [0.25, 0.3) is 5.91 Å². The quantitative estimate of drug-likeness (QED) is 0.668. The van der Waals surface area contributed by atoms with Gasteiger partial charge in [0.2, 0.25) is 0 Å². The molecule has 0 radical (unpaired) electrons. The maximum Gasteiger partial charge on any atom is 0.263 e. The molecule has 0 atom stereocenters. The summed E-state index contributed by atoms with van der Waals surface area (Å²) in [5.41, 5.74) is 3.47. The summed E-state index contributed by atoms with van der Waals surface area (Å²) in [6, 6.07) is 6.04. The number of hydrogen-bond acceptors (Lipinski definition) is 7. The zero-order valence-electron chi connectivity index (χ0n) is 16.9. The van der Waals surface area contributed by atoms with Crippen LogP contribution in [0.2, 0.25) is 0 Å². The lowest BCUT2D eigenvalue weighted by Crippen LogP contribution is -2.48. The van der Waals surface area contributed by atoms with Crippen molar-refractivity contribution in [3.05, 3.63) is 41.2 Å². The maximum absolute atomic E-state index is 12.5. The lowest BCUT2D eigenvalue weighted by atomic mass is 9.94. The maximum atomic E-state index is 12.5. The Morgan fingerprint density at radius 1 is 1.33 bits per heavy atom. The monoisotopic (exact) mass is 425 g/mol. The normalized spacial score (nSPS) is 17.2. The number of carbonyl (C=O) groups excluding carboxylic acids is 1. The van der Waals surface area contributed by atoms with E-state index in [1.54, 1.807) is 10.9 Å². The number of nitrogens with zero attached hydrogens (tertiary/aromatic N) is 4. The summed E-state index contributed by atoms with van der Waals surface area (Å²) in [6.45, 7) is 5.76. The van der Waals surface area contributed by atoms with E-state index in [1.165, 1.54) is 11.3 Å². The number of ether oxygens (including phenoxy) is 1. The number of carbonyl (C=O) groups is 1. The molecule has 0 fully saturated rings. The Morgan fingerprint density at radius 2 is 2.20 bits per heavy atom. The first-order chi connectivity index (χ1) is 14.4. The Kier molecular flexibility index (Phi) is 4.52. The van der Waals surface area contributed by atoms with Gasteiger partial charge in [-0.05, 0) is 31.5 Å². The molecule has 0 spiro atoms. The number of nitrogens with one attached hydrogen (secondary N) is 1. The van der Waals surface area contributed by atoms with E-state index in [0.29, 0.717) is 31.0 Å². The van der Waals surface area contributed by atoms with Crippen LogP contribution in [0.5, 0.6) is 5.75 Å². The average Bonchev–Trinajstić information content (AvgIpc) is 3.34. The smallest absolute Gasteiger partial charge is 0.263 e. The zero-order chi connectivity index (χ0) is 20.9. The largest absolute Gasteiger partial charge is 0.490 e. The highest BCUT2D eigenvalue weighted by Crippen LogP contribution is 2.42. The second-order valence-electron chi connectivity index (χ2n) is 8.19. The number of thiazole rings is 1. The number of rotatable bonds is 4. The fourth-order valence-electron chi connectivity index (χ4n) is 3.91. The Bertz CT molecular complexity index is 1120. The number of fused-ring (bicyclic) bond motifs is 2. The van der Waals surface area contributed by atoms with Crippen LogP contribution in [0.1, 0.15) is 29.2 Å². The van der Waals surface area contributed by atoms with E-state index in [4.69, 9.17) is 14.8 Å². The highest BCUT2D eigenvalue weighted by Gasteiger charge is 2.34. The van der Waals surface area contributed by atoms with Crippen LogP contribution < -0.4 is 15.0 Å². The van der Waals surface area contributed by atoms with E-state index in [1.807, 2.05) is 32.2 Å². The molecule has 2 aliphatic heterocycles. The second kappa shape index (κ2) is 7.10. The first-order valence-corrected chi connectivity index (χ1v) is 10.8. The van der Waals surface area contributed by atoms with Gasteiger partial charge in [0.15, 0.2) is 5.13 Å². The lowest BCUT2D eigenvalue weighted by Gasteiger charge is -2.29. The van der Waals surface area contributed by atoms with Crippen LogP contribution >= 0.6 is 11.3 Å². The molecule has 0 bridgehead atoms. The van der Waals surface area contributed by atoms with Crippen molar-refractivity contribution in [1.29, 1.82) is 0 Å². The Labute approximate surface area is 178 Å². The lowest BCUT2D eigenvalue weighted by molar-refractivity contribution is 0.0901. The van der Waals surface area contributed by atoms with Crippen molar-refractivity contribution in [1.82, 2.24) is 20.1 Å². The van der Waals surface area contributed by atoms with Gasteiger partial charge in [-0.2, -0.15) is 5.10 Å². The van der Waals surface area contributed by atoms with Gasteiger partial charge in [-0.1, -0.05) is 17.4 Å². The third kappa shape index (κ3) is 3.33. The van der Waals surface area contributed by atoms with Crippen LogP contribution in [-0.4, -0.2) is 51.1 Å². The number of anilines is 2. The topological polar surface area (TPSA) is 92.5 Å². The predicted octanol–water partition coefficient (Wildman–Crippen LogP) is 2.59. The van der Waals surface area contributed by atoms with Gasteiger partial charge in [0, 0.05) is 23.7 Å². The summed E-state index contributed by atoms with van der Waals surface area (Å²) in [5.74, 6) is 0.745. The fourth-order valence-corrected chi connectivity index (χ4v) is 4.93. The molecule has 2 aliphatic rings. The SMILES string of the molecule is CC1(C)Cc2nc(N3CCOc4ccc(-c5cnn(CCO)c5)cc43)sc2C(=O)N1. The summed E-state index contributed by atoms with van der Waals surface area (Å²) in [6.07, 6.45) is 4.42. The molecule has 30 heavy (non-hydrogen) atoms. The summed E-state index contributed by atoms with van der Waals surface area (Å²) >= 11 is 1.43. The second-order valence-corrected chi connectivity index (χ2v) is 9.16. The van der Waals surface area contributed by atoms with E-state index in [-0.39, 0.29) is 18.1 Å². The molecule has 156 valence electrons. The van der Waals surface area contributed by atoms with Crippen LogP contribution in [0, 0.1) is 0 Å². The molecule has 8 nitrogen and oxygen atoms in total. The van der Waals surface area contributed by atoms with E-state index >= 15 is 0 Å². The number of amides is 1. The summed E-state index contributed by atoms with van der Waals surface area (Å²) in [7, 11) is 0. The summed E-state index contributed by atoms with van der Waals surface area (Å²) in [4.78, 5) is 20.2. The number of hydrogen-bond donors (Lipinski definition) is 2. The van der Waals surface area contributed by atoms with Gasteiger partial charge >= 0.3 is 0 Å². The van der Waals surface area contributed by atoms with E-state index in [2.05, 4.69) is 21.4 Å². The van der Waals surface area contributed by atoms with Crippen LogP contribution in [0.3, 0.4) is 0 Å². The molecule has 1 aromatic carbocycles. The molecule has 4 heterocycles. The molecule has 2 N–H and O–H groups in total. The molecule has 5 rings (SSSR count). The highest BCUT2D eigenvalue weighted by molar-refractivity contribution is 7.17. The average molecular weight is 426 g/mol. The van der Waals surface area contributed by atoms with Gasteiger partial charge in [0.05, 0.1) is 37.3 Å². The molecule has 0 aliphatic carbocycles. The van der Waals surface area contributed by atoms with E-state index in [0.717, 1.165) is 33.4 Å². The van der Waals surface area contributed by atoms with Crippen molar-refractivity contribution in [2.24, 2.45) is 0 Å². The minimum Gasteiger partial charge on any atom is -0.490 e. The number of aliphatic hydroxyl groups excluding tert-OH is 1. The Morgan fingerprint density at radius 3 is 3.03 bits per heavy atom. The molecule has 1 amide bonds. The van der Waals surface area contributed by atoms with Gasteiger partial charge in [-0.3, -0.25) is 9.48 Å². The molecule has 0 saturated carbocycles. The van der Waals surface area contributed by atoms with Crippen molar-refractivity contribution in [2.45, 2.75) is 32.4 Å².